The second-order valence-corrected chi connectivity index (χ2v) is 5.61. The van der Waals surface area contributed by atoms with Crippen LogP contribution >= 0.6 is 0 Å². The summed E-state index contributed by atoms with van der Waals surface area (Å²) in [6.45, 7) is 11.7. The number of anilines is 1. The highest BCUT2D eigenvalue weighted by Crippen LogP contribution is 2.29. The van der Waals surface area contributed by atoms with Crippen molar-refractivity contribution in [3.8, 4) is 0 Å². The third kappa shape index (κ3) is 2.23. The summed E-state index contributed by atoms with van der Waals surface area (Å²) in [6, 6.07) is 9.03. The maximum absolute atomic E-state index is 2.53. The van der Waals surface area contributed by atoms with Crippen molar-refractivity contribution in [2.45, 2.75) is 33.6 Å². The SMILES string of the molecule is CC(C)c1cccc(N2C[C@@H](C)[C@@H](C)C2)c1. The quantitative estimate of drug-likeness (QED) is 0.726. The van der Waals surface area contributed by atoms with E-state index in [1.807, 2.05) is 0 Å². The maximum atomic E-state index is 2.53. The number of benzene rings is 1. The Morgan fingerprint density at radius 3 is 2.31 bits per heavy atom. The number of rotatable bonds is 2. The molecule has 1 aliphatic heterocycles. The molecule has 0 amide bonds. The zero-order chi connectivity index (χ0) is 11.7. The third-order valence-electron chi connectivity index (χ3n) is 3.89. The number of hydrogen-bond donors (Lipinski definition) is 0. The van der Waals surface area contributed by atoms with Crippen LogP contribution in [0.2, 0.25) is 0 Å². The van der Waals surface area contributed by atoms with Crippen LogP contribution in [0.15, 0.2) is 24.3 Å². The van der Waals surface area contributed by atoms with Crippen molar-refractivity contribution < 1.29 is 0 Å². The van der Waals surface area contributed by atoms with E-state index < -0.39 is 0 Å². The van der Waals surface area contributed by atoms with Gasteiger partial charge in [-0.15, -0.1) is 0 Å². The Balaban J connectivity index is 2.18. The van der Waals surface area contributed by atoms with E-state index >= 15 is 0 Å². The Kier molecular flexibility index (Phi) is 3.22. The molecule has 0 radical (unpaired) electrons. The molecule has 1 aromatic rings. The molecule has 0 aromatic heterocycles. The minimum Gasteiger partial charge on any atom is -0.371 e. The van der Waals surface area contributed by atoms with E-state index in [-0.39, 0.29) is 0 Å². The number of hydrogen-bond acceptors (Lipinski definition) is 1. The first-order valence-electron chi connectivity index (χ1n) is 6.43. The molecule has 0 aliphatic carbocycles. The van der Waals surface area contributed by atoms with Gasteiger partial charge in [-0.05, 0) is 35.4 Å². The van der Waals surface area contributed by atoms with E-state index in [0.717, 1.165) is 11.8 Å². The smallest absolute Gasteiger partial charge is 0.0369 e. The van der Waals surface area contributed by atoms with Crippen molar-refractivity contribution in [3.05, 3.63) is 29.8 Å². The molecule has 1 fully saturated rings. The monoisotopic (exact) mass is 217 g/mol. The maximum Gasteiger partial charge on any atom is 0.0369 e. The molecule has 1 heteroatoms. The predicted molar refractivity (Wildman–Crippen MR) is 71.1 cm³/mol. The average Bonchev–Trinajstić information content (AvgIpc) is 2.59. The highest BCUT2D eigenvalue weighted by atomic mass is 15.2. The first-order valence-corrected chi connectivity index (χ1v) is 6.43. The number of nitrogens with zero attached hydrogens (tertiary/aromatic N) is 1. The molecule has 1 nitrogen and oxygen atoms in total. The van der Waals surface area contributed by atoms with Gasteiger partial charge in [-0.3, -0.25) is 0 Å². The Morgan fingerprint density at radius 2 is 1.75 bits per heavy atom. The van der Waals surface area contributed by atoms with Crippen molar-refractivity contribution >= 4 is 5.69 Å². The second-order valence-electron chi connectivity index (χ2n) is 5.61. The van der Waals surface area contributed by atoms with Crippen molar-refractivity contribution in [2.75, 3.05) is 18.0 Å². The standard InChI is InChI=1S/C15H23N/c1-11(2)14-6-5-7-15(8-14)16-9-12(3)13(4)10-16/h5-8,11-13H,9-10H2,1-4H3/t12-,13+. The van der Waals surface area contributed by atoms with Crippen LogP contribution in [-0.2, 0) is 0 Å². The van der Waals surface area contributed by atoms with Crippen molar-refractivity contribution in [3.63, 3.8) is 0 Å². The van der Waals surface area contributed by atoms with E-state index in [2.05, 4.69) is 56.9 Å². The molecule has 16 heavy (non-hydrogen) atoms. The lowest BCUT2D eigenvalue weighted by Crippen LogP contribution is -2.19. The Labute approximate surface area is 99.5 Å². The van der Waals surface area contributed by atoms with E-state index in [1.165, 1.54) is 24.3 Å². The van der Waals surface area contributed by atoms with Crippen LogP contribution in [0.1, 0.15) is 39.2 Å². The van der Waals surface area contributed by atoms with Gasteiger partial charge >= 0.3 is 0 Å². The highest BCUT2D eigenvalue weighted by molar-refractivity contribution is 5.50. The van der Waals surface area contributed by atoms with E-state index in [9.17, 15) is 0 Å². The summed E-state index contributed by atoms with van der Waals surface area (Å²) >= 11 is 0. The Bertz CT molecular complexity index is 346. The summed E-state index contributed by atoms with van der Waals surface area (Å²) in [5.41, 5.74) is 2.85. The van der Waals surface area contributed by atoms with Gasteiger partial charge in [0.1, 0.15) is 0 Å². The van der Waals surface area contributed by atoms with Crippen LogP contribution in [-0.4, -0.2) is 13.1 Å². The van der Waals surface area contributed by atoms with Gasteiger partial charge in [-0.2, -0.15) is 0 Å². The fraction of sp³-hybridized carbons (Fsp3) is 0.600. The molecule has 0 N–H and O–H groups in total. The average molecular weight is 217 g/mol. The first-order chi connectivity index (χ1) is 7.58. The lowest BCUT2D eigenvalue weighted by molar-refractivity contribution is 0.494. The van der Waals surface area contributed by atoms with Crippen molar-refractivity contribution in [2.24, 2.45) is 11.8 Å². The Morgan fingerprint density at radius 1 is 1.12 bits per heavy atom. The van der Waals surface area contributed by atoms with Crippen LogP contribution in [0, 0.1) is 11.8 Å². The topological polar surface area (TPSA) is 3.24 Å². The lowest BCUT2D eigenvalue weighted by atomic mass is 10.0. The van der Waals surface area contributed by atoms with Crippen molar-refractivity contribution in [1.29, 1.82) is 0 Å². The molecule has 2 rings (SSSR count). The lowest BCUT2D eigenvalue weighted by Gasteiger charge is -2.20. The van der Waals surface area contributed by atoms with Crippen LogP contribution in [0.3, 0.4) is 0 Å². The molecule has 0 saturated carbocycles. The zero-order valence-corrected chi connectivity index (χ0v) is 10.9. The molecule has 1 aliphatic rings. The summed E-state index contributed by atoms with van der Waals surface area (Å²) in [6.07, 6.45) is 0. The van der Waals surface area contributed by atoms with E-state index in [0.29, 0.717) is 5.92 Å². The molecular formula is C15H23N. The molecule has 1 heterocycles. The molecule has 88 valence electrons. The fourth-order valence-corrected chi connectivity index (χ4v) is 2.42. The van der Waals surface area contributed by atoms with Gasteiger partial charge in [0, 0.05) is 18.8 Å². The second kappa shape index (κ2) is 4.48. The van der Waals surface area contributed by atoms with E-state index in [4.69, 9.17) is 0 Å². The molecule has 0 bridgehead atoms. The van der Waals surface area contributed by atoms with Crippen LogP contribution in [0.4, 0.5) is 5.69 Å². The minimum absolute atomic E-state index is 0.623. The Hall–Kier alpha value is -0.980. The van der Waals surface area contributed by atoms with Crippen LogP contribution in [0.25, 0.3) is 0 Å². The zero-order valence-electron chi connectivity index (χ0n) is 10.9. The highest BCUT2D eigenvalue weighted by Gasteiger charge is 2.26. The normalized spacial score (nSPS) is 25.4. The van der Waals surface area contributed by atoms with Gasteiger partial charge in [0.05, 0.1) is 0 Å². The van der Waals surface area contributed by atoms with Gasteiger partial charge < -0.3 is 4.90 Å². The van der Waals surface area contributed by atoms with Gasteiger partial charge in [0.25, 0.3) is 0 Å². The third-order valence-corrected chi connectivity index (χ3v) is 3.89. The first kappa shape index (κ1) is 11.5. The fourth-order valence-electron chi connectivity index (χ4n) is 2.42. The summed E-state index contributed by atoms with van der Waals surface area (Å²) in [7, 11) is 0. The summed E-state index contributed by atoms with van der Waals surface area (Å²) < 4.78 is 0. The molecule has 1 saturated heterocycles. The van der Waals surface area contributed by atoms with Gasteiger partial charge in [0.2, 0.25) is 0 Å². The largest absolute Gasteiger partial charge is 0.371 e. The van der Waals surface area contributed by atoms with Crippen LogP contribution < -0.4 is 4.90 Å². The molecule has 2 atom stereocenters. The van der Waals surface area contributed by atoms with Gasteiger partial charge in [0.15, 0.2) is 0 Å². The molecule has 0 spiro atoms. The minimum atomic E-state index is 0.623. The van der Waals surface area contributed by atoms with E-state index in [1.54, 1.807) is 0 Å². The summed E-state index contributed by atoms with van der Waals surface area (Å²) in [4.78, 5) is 2.53. The van der Waals surface area contributed by atoms with Gasteiger partial charge in [-0.25, -0.2) is 0 Å². The molecular weight excluding hydrogens is 194 g/mol. The van der Waals surface area contributed by atoms with Crippen LogP contribution in [0.5, 0.6) is 0 Å². The summed E-state index contributed by atoms with van der Waals surface area (Å²) in [5, 5.41) is 0. The predicted octanol–water partition coefficient (Wildman–Crippen LogP) is 3.90. The van der Waals surface area contributed by atoms with Gasteiger partial charge in [-0.1, -0.05) is 39.8 Å². The van der Waals surface area contributed by atoms with Crippen molar-refractivity contribution in [1.82, 2.24) is 0 Å². The molecule has 0 unspecified atom stereocenters. The molecule has 1 aromatic carbocycles. The summed E-state index contributed by atoms with van der Waals surface area (Å²) in [5.74, 6) is 2.27.